The predicted molar refractivity (Wildman–Crippen MR) is 78.8 cm³/mol. The Morgan fingerprint density at radius 2 is 1.86 bits per heavy atom. The van der Waals surface area contributed by atoms with Crippen LogP contribution in [0, 0.1) is 0 Å². The molecule has 0 amide bonds. The largest absolute Gasteiger partial charge is 0.497 e. The van der Waals surface area contributed by atoms with Crippen LogP contribution in [0.15, 0.2) is 48.5 Å². The monoisotopic (exact) mass is 284 g/mol. The summed E-state index contributed by atoms with van der Waals surface area (Å²) in [5.74, 6) is -0.391. The lowest BCUT2D eigenvalue weighted by atomic mass is 9.96. The fourth-order valence-corrected chi connectivity index (χ4v) is 2.12. The first-order valence-corrected chi connectivity index (χ1v) is 6.60. The Kier molecular flexibility index (Phi) is 4.72. The van der Waals surface area contributed by atoms with Gasteiger partial charge in [-0.3, -0.25) is 9.59 Å². The number of aryl methyl sites for hydroxylation is 1. The lowest BCUT2D eigenvalue weighted by Crippen LogP contribution is -2.07. The number of aliphatic carboxylic acids is 1. The molecule has 0 saturated heterocycles. The van der Waals surface area contributed by atoms with Crippen LogP contribution in [-0.2, 0) is 11.2 Å². The Hall–Kier alpha value is -2.62. The SMILES string of the molecule is COc1cccc(C(=O)c2ccccc2CCC(=O)O)c1. The zero-order valence-corrected chi connectivity index (χ0v) is 11.7. The second-order valence-corrected chi connectivity index (χ2v) is 4.61. The molecule has 4 nitrogen and oxygen atoms in total. The lowest BCUT2D eigenvalue weighted by molar-refractivity contribution is -0.136. The molecular weight excluding hydrogens is 268 g/mol. The summed E-state index contributed by atoms with van der Waals surface area (Å²) in [6.45, 7) is 0. The molecule has 0 fully saturated rings. The van der Waals surface area contributed by atoms with Crippen molar-refractivity contribution >= 4 is 11.8 Å². The van der Waals surface area contributed by atoms with Gasteiger partial charge in [0.05, 0.1) is 7.11 Å². The molecule has 108 valence electrons. The summed E-state index contributed by atoms with van der Waals surface area (Å²) in [4.78, 5) is 23.3. The number of carboxylic acid groups (broad SMARTS) is 1. The molecule has 0 heterocycles. The number of benzene rings is 2. The molecule has 2 rings (SSSR count). The van der Waals surface area contributed by atoms with Crippen LogP contribution >= 0.6 is 0 Å². The molecule has 2 aromatic rings. The fourth-order valence-electron chi connectivity index (χ4n) is 2.12. The molecule has 0 aromatic heterocycles. The summed E-state index contributed by atoms with van der Waals surface area (Å²) >= 11 is 0. The molecule has 0 aliphatic heterocycles. The predicted octanol–water partition coefficient (Wildman–Crippen LogP) is 2.94. The van der Waals surface area contributed by atoms with E-state index >= 15 is 0 Å². The third-order valence-corrected chi connectivity index (χ3v) is 3.20. The van der Waals surface area contributed by atoms with Gasteiger partial charge in [-0.25, -0.2) is 0 Å². The van der Waals surface area contributed by atoms with E-state index in [1.54, 1.807) is 55.6 Å². The van der Waals surface area contributed by atoms with Crippen molar-refractivity contribution in [1.82, 2.24) is 0 Å². The number of hydrogen-bond donors (Lipinski definition) is 1. The second-order valence-electron chi connectivity index (χ2n) is 4.61. The van der Waals surface area contributed by atoms with Crippen LogP contribution in [0.2, 0.25) is 0 Å². The van der Waals surface area contributed by atoms with Gasteiger partial charge in [-0.15, -0.1) is 0 Å². The van der Waals surface area contributed by atoms with E-state index in [9.17, 15) is 9.59 Å². The van der Waals surface area contributed by atoms with Gasteiger partial charge in [0.15, 0.2) is 5.78 Å². The number of carboxylic acids is 1. The average Bonchev–Trinajstić information content (AvgIpc) is 2.52. The first-order valence-electron chi connectivity index (χ1n) is 6.60. The van der Waals surface area contributed by atoms with Crippen LogP contribution in [0.25, 0.3) is 0 Å². The van der Waals surface area contributed by atoms with Crippen LogP contribution in [0.3, 0.4) is 0 Å². The van der Waals surface area contributed by atoms with Crippen LogP contribution in [-0.4, -0.2) is 24.0 Å². The minimum Gasteiger partial charge on any atom is -0.497 e. The van der Waals surface area contributed by atoms with Crippen molar-refractivity contribution < 1.29 is 19.4 Å². The van der Waals surface area contributed by atoms with E-state index < -0.39 is 5.97 Å². The molecule has 0 unspecified atom stereocenters. The summed E-state index contributed by atoms with van der Waals surface area (Å²) in [6, 6.07) is 14.0. The number of hydrogen-bond acceptors (Lipinski definition) is 3. The number of rotatable bonds is 6. The van der Waals surface area contributed by atoms with Crippen molar-refractivity contribution in [3.05, 3.63) is 65.2 Å². The van der Waals surface area contributed by atoms with Gasteiger partial charge >= 0.3 is 5.97 Å². The number of ketones is 1. The second kappa shape index (κ2) is 6.70. The van der Waals surface area contributed by atoms with Gasteiger partial charge in [-0.1, -0.05) is 36.4 Å². The van der Waals surface area contributed by atoms with Crippen molar-refractivity contribution in [2.24, 2.45) is 0 Å². The maximum absolute atomic E-state index is 12.6. The van der Waals surface area contributed by atoms with Crippen molar-refractivity contribution in [2.75, 3.05) is 7.11 Å². The van der Waals surface area contributed by atoms with E-state index in [0.29, 0.717) is 23.3 Å². The van der Waals surface area contributed by atoms with E-state index in [4.69, 9.17) is 9.84 Å². The molecule has 21 heavy (non-hydrogen) atoms. The van der Waals surface area contributed by atoms with E-state index in [2.05, 4.69) is 0 Å². The molecule has 2 aromatic carbocycles. The number of carbonyl (C=O) groups is 2. The van der Waals surface area contributed by atoms with E-state index in [0.717, 1.165) is 5.56 Å². The maximum Gasteiger partial charge on any atom is 0.303 e. The van der Waals surface area contributed by atoms with Crippen LogP contribution in [0.5, 0.6) is 5.75 Å². The summed E-state index contributed by atoms with van der Waals surface area (Å²) in [5, 5.41) is 8.79. The average molecular weight is 284 g/mol. The smallest absolute Gasteiger partial charge is 0.303 e. The number of methoxy groups -OCH3 is 1. The Bertz CT molecular complexity index is 661. The quantitative estimate of drug-likeness (QED) is 0.828. The van der Waals surface area contributed by atoms with E-state index in [1.807, 2.05) is 0 Å². The van der Waals surface area contributed by atoms with Gasteiger partial charge < -0.3 is 9.84 Å². The third-order valence-electron chi connectivity index (χ3n) is 3.20. The first kappa shape index (κ1) is 14.8. The first-order chi connectivity index (χ1) is 10.1. The van der Waals surface area contributed by atoms with Crippen molar-refractivity contribution in [3.63, 3.8) is 0 Å². The molecule has 0 bridgehead atoms. The molecule has 0 aliphatic rings. The highest BCUT2D eigenvalue weighted by molar-refractivity contribution is 6.10. The highest BCUT2D eigenvalue weighted by Crippen LogP contribution is 2.19. The minimum atomic E-state index is -0.876. The van der Waals surface area contributed by atoms with Gasteiger partial charge in [0.2, 0.25) is 0 Å². The summed E-state index contributed by atoms with van der Waals surface area (Å²) in [5.41, 5.74) is 1.80. The van der Waals surface area contributed by atoms with Crippen LogP contribution < -0.4 is 4.74 Å². The Balaban J connectivity index is 2.32. The number of carbonyl (C=O) groups excluding carboxylic acids is 1. The van der Waals surface area contributed by atoms with Gasteiger partial charge in [-0.2, -0.15) is 0 Å². The van der Waals surface area contributed by atoms with Crippen molar-refractivity contribution in [2.45, 2.75) is 12.8 Å². The standard InChI is InChI=1S/C17H16O4/c1-21-14-7-4-6-13(11-14)17(20)15-8-3-2-5-12(15)9-10-16(18)19/h2-8,11H,9-10H2,1H3,(H,18,19). The molecule has 0 radical (unpaired) electrons. The molecule has 0 spiro atoms. The molecule has 0 atom stereocenters. The van der Waals surface area contributed by atoms with Gasteiger partial charge in [0.25, 0.3) is 0 Å². The molecule has 0 aliphatic carbocycles. The Morgan fingerprint density at radius 3 is 2.57 bits per heavy atom. The van der Waals surface area contributed by atoms with Gasteiger partial charge in [0.1, 0.15) is 5.75 Å². The topological polar surface area (TPSA) is 63.6 Å². The Morgan fingerprint density at radius 1 is 1.10 bits per heavy atom. The van der Waals surface area contributed by atoms with Gasteiger partial charge in [-0.05, 0) is 24.1 Å². The van der Waals surface area contributed by atoms with Crippen molar-refractivity contribution in [1.29, 1.82) is 0 Å². The summed E-state index contributed by atoms with van der Waals surface area (Å²) in [6.07, 6.45) is 0.337. The van der Waals surface area contributed by atoms with Crippen LogP contribution in [0.4, 0.5) is 0 Å². The van der Waals surface area contributed by atoms with Crippen LogP contribution in [0.1, 0.15) is 27.9 Å². The highest BCUT2D eigenvalue weighted by Gasteiger charge is 2.14. The number of ether oxygens (including phenoxy) is 1. The normalized spacial score (nSPS) is 10.1. The zero-order chi connectivity index (χ0) is 15.2. The Labute approximate surface area is 123 Å². The summed E-state index contributed by atoms with van der Waals surface area (Å²) in [7, 11) is 1.55. The lowest BCUT2D eigenvalue weighted by Gasteiger charge is -2.08. The van der Waals surface area contributed by atoms with Gasteiger partial charge in [0, 0.05) is 17.5 Å². The molecular formula is C17H16O4. The molecule has 4 heteroatoms. The highest BCUT2D eigenvalue weighted by atomic mass is 16.5. The maximum atomic E-state index is 12.6. The molecule has 0 saturated carbocycles. The van der Waals surface area contributed by atoms with E-state index in [-0.39, 0.29) is 12.2 Å². The summed E-state index contributed by atoms with van der Waals surface area (Å²) < 4.78 is 5.12. The van der Waals surface area contributed by atoms with E-state index in [1.165, 1.54) is 0 Å². The van der Waals surface area contributed by atoms with Crippen molar-refractivity contribution in [3.8, 4) is 5.75 Å². The minimum absolute atomic E-state index is 0.00239. The molecule has 1 N–H and O–H groups in total. The third kappa shape index (κ3) is 3.69. The zero-order valence-electron chi connectivity index (χ0n) is 11.7. The fraction of sp³-hybridized carbons (Fsp3) is 0.176.